The molecule has 1 fully saturated rings. The fraction of sp³-hybridized carbons (Fsp3) is 0.318. The number of ketones is 2. The maximum absolute atomic E-state index is 14.6. The number of ether oxygens (including phenoxy) is 1. The molecule has 0 saturated carbocycles. The Morgan fingerprint density at radius 3 is 2.10 bits per heavy atom. The van der Waals surface area contributed by atoms with Gasteiger partial charge in [0.2, 0.25) is 17.7 Å². The molecule has 6 nitrogen and oxygen atoms in total. The zero-order chi connectivity index (χ0) is 21.0. The van der Waals surface area contributed by atoms with Crippen LogP contribution in [0.3, 0.4) is 0 Å². The van der Waals surface area contributed by atoms with Crippen LogP contribution in [0.5, 0.6) is 0 Å². The van der Waals surface area contributed by atoms with Crippen molar-refractivity contribution in [1.82, 2.24) is 4.90 Å². The molecule has 29 heavy (non-hydrogen) atoms. The maximum atomic E-state index is 14.6. The summed E-state index contributed by atoms with van der Waals surface area (Å²) in [7, 11) is 3.28. The Labute approximate surface area is 168 Å². The Kier molecular flexibility index (Phi) is 6.39. The average molecular weight is 398 g/mol. The molecule has 0 N–H and O–H groups in total. The molecule has 2 aromatic carbocycles. The van der Waals surface area contributed by atoms with E-state index in [1.807, 2.05) is 0 Å². The van der Waals surface area contributed by atoms with E-state index < -0.39 is 23.7 Å². The van der Waals surface area contributed by atoms with Crippen LogP contribution in [0.15, 0.2) is 48.5 Å². The van der Waals surface area contributed by atoms with Crippen LogP contribution in [-0.4, -0.2) is 68.9 Å². The minimum absolute atomic E-state index is 0.0530. The van der Waals surface area contributed by atoms with Gasteiger partial charge >= 0.3 is 5.97 Å². The Bertz CT molecular complexity index is 905. The SMILES string of the molecule is COC(=O)c1cccc(C(=O)C(F)C(=O)c2ccc(N3CCN(C)CC3)cc2)c1. The van der Waals surface area contributed by atoms with E-state index in [1.54, 1.807) is 24.3 Å². The lowest BCUT2D eigenvalue weighted by Gasteiger charge is -2.34. The van der Waals surface area contributed by atoms with E-state index in [1.165, 1.54) is 31.4 Å². The number of piperazine rings is 1. The zero-order valence-electron chi connectivity index (χ0n) is 16.4. The number of nitrogens with zero attached hydrogens (tertiary/aromatic N) is 2. The maximum Gasteiger partial charge on any atom is 0.337 e. The first-order valence-electron chi connectivity index (χ1n) is 9.35. The standard InChI is InChI=1S/C22H23FN2O4/c1-24-10-12-25(13-11-24)18-8-6-15(7-9-18)20(26)19(23)21(27)16-4-3-5-17(14-16)22(28)29-2/h3-9,14,19H,10-13H2,1-2H3. The van der Waals surface area contributed by atoms with E-state index in [4.69, 9.17) is 0 Å². The quantitative estimate of drug-likeness (QED) is 0.423. The number of halogens is 1. The van der Waals surface area contributed by atoms with E-state index in [0.717, 1.165) is 31.9 Å². The summed E-state index contributed by atoms with van der Waals surface area (Å²) in [5, 5.41) is 0. The van der Waals surface area contributed by atoms with Crippen LogP contribution in [0, 0.1) is 0 Å². The highest BCUT2D eigenvalue weighted by Gasteiger charge is 2.29. The summed E-state index contributed by atoms with van der Waals surface area (Å²) < 4.78 is 19.2. The molecule has 7 heteroatoms. The summed E-state index contributed by atoms with van der Waals surface area (Å²) in [6.07, 6.45) is -2.34. The highest BCUT2D eigenvalue weighted by molar-refractivity contribution is 6.18. The van der Waals surface area contributed by atoms with Crippen LogP contribution in [0.1, 0.15) is 31.1 Å². The molecule has 0 amide bonds. The highest BCUT2D eigenvalue weighted by atomic mass is 19.1. The second-order valence-electron chi connectivity index (χ2n) is 7.00. The van der Waals surface area contributed by atoms with E-state index in [2.05, 4.69) is 21.6 Å². The highest BCUT2D eigenvalue weighted by Crippen LogP contribution is 2.20. The van der Waals surface area contributed by atoms with Crippen molar-refractivity contribution in [2.24, 2.45) is 0 Å². The van der Waals surface area contributed by atoms with E-state index in [9.17, 15) is 18.8 Å². The lowest BCUT2D eigenvalue weighted by Crippen LogP contribution is -2.44. The fourth-order valence-electron chi connectivity index (χ4n) is 3.23. The van der Waals surface area contributed by atoms with Gasteiger partial charge in [0, 0.05) is 43.0 Å². The molecule has 2 aromatic rings. The third kappa shape index (κ3) is 4.68. The summed E-state index contributed by atoms with van der Waals surface area (Å²) in [4.78, 5) is 40.9. The number of alkyl halides is 1. The van der Waals surface area contributed by atoms with Gasteiger partial charge in [0.15, 0.2) is 0 Å². The summed E-state index contributed by atoms with van der Waals surface area (Å²) in [5.41, 5.74) is 1.16. The number of Topliss-reactive ketones (excluding diaryl/α,β-unsaturated/α-hetero) is 2. The van der Waals surface area contributed by atoms with Crippen LogP contribution in [0.2, 0.25) is 0 Å². The predicted molar refractivity (Wildman–Crippen MR) is 107 cm³/mol. The first-order valence-corrected chi connectivity index (χ1v) is 9.35. The van der Waals surface area contributed by atoms with Gasteiger partial charge < -0.3 is 14.5 Å². The third-order valence-corrected chi connectivity index (χ3v) is 5.05. The molecule has 0 aliphatic carbocycles. The van der Waals surface area contributed by atoms with Gasteiger partial charge in [-0.1, -0.05) is 12.1 Å². The molecular formula is C22H23FN2O4. The van der Waals surface area contributed by atoms with Crippen molar-refractivity contribution in [3.8, 4) is 0 Å². The second kappa shape index (κ2) is 8.96. The van der Waals surface area contributed by atoms with Crippen LogP contribution in [0.4, 0.5) is 10.1 Å². The number of carbonyl (C=O) groups is 3. The molecule has 0 spiro atoms. The van der Waals surface area contributed by atoms with Gasteiger partial charge in [0.25, 0.3) is 0 Å². The van der Waals surface area contributed by atoms with Gasteiger partial charge in [-0.2, -0.15) is 0 Å². The van der Waals surface area contributed by atoms with E-state index in [0.29, 0.717) is 0 Å². The first kappa shape index (κ1) is 20.7. The van der Waals surface area contributed by atoms with Gasteiger partial charge in [-0.15, -0.1) is 0 Å². The molecule has 152 valence electrons. The molecule has 0 radical (unpaired) electrons. The Hall–Kier alpha value is -3.06. The molecule has 1 aliphatic heterocycles. The predicted octanol–water partition coefficient (Wildman–Crippen LogP) is 2.63. The molecule has 1 unspecified atom stereocenters. The normalized spacial score (nSPS) is 15.6. The van der Waals surface area contributed by atoms with Crippen molar-refractivity contribution < 1.29 is 23.5 Å². The zero-order valence-corrected chi connectivity index (χ0v) is 16.4. The lowest BCUT2D eigenvalue weighted by atomic mass is 9.98. The second-order valence-corrected chi connectivity index (χ2v) is 7.00. The molecule has 1 aliphatic rings. The van der Waals surface area contributed by atoms with Gasteiger partial charge in [0.1, 0.15) is 0 Å². The largest absolute Gasteiger partial charge is 0.465 e. The lowest BCUT2D eigenvalue weighted by molar-refractivity contribution is 0.0600. The molecule has 0 bridgehead atoms. The number of likely N-dealkylation sites (N-methyl/N-ethyl adjacent to an activating group) is 1. The molecular weight excluding hydrogens is 375 g/mol. The van der Waals surface area contributed by atoms with Crippen molar-refractivity contribution >= 4 is 23.2 Å². The Morgan fingerprint density at radius 2 is 1.48 bits per heavy atom. The average Bonchev–Trinajstić information content (AvgIpc) is 2.77. The molecule has 3 rings (SSSR count). The van der Waals surface area contributed by atoms with Crippen molar-refractivity contribution in [3.63, 3.8) is 0 Å². The summed E-state index contributed by atoms with van der Waals surface area (Å²) in [5.74, 6) is -2.52. The van der Waals surface area contributed by atoms with Gasteiger partial charge in [-0.3, -0.25) is 9.59 Å². The van der Waals surface area contributed by atoms with Crippen molar-refractivity contribution in [2.75, 3.05) is 45.2 Å². The van der Waals surface area contributed by atoms with Gasteiger partial charge in [0.05, 0.1) is 12.7 Å². The number of hydrogen-bond donors (Lipinski definition) is 0. The topological polar surface area (TPSA) is 66.9 Å². The van der Waals surface area contributed by atoms with Gasteiger partial charge in [-0.25, -0.2) is 9.18 Å². The number of benzene rings is 2. The molecule has 1 atom stereocenters. The number of methoxy groups -OCH3 is 1. The van der Waals surface area contributed by atoms with Gasteiger partial charge in [-0.05, 0) is 43.4 Å². The number of rotatable bonds is 6. The van der Waals surface area contributed by atoms with Crippen LogP contribution >= 0.6 is 0 Å². The first-order chi connectivity index (χ1) is 13.9. The Balaban J connectivity index is 1.71. The summed E-state index contributed by atoms with van der Waals surface area (Å²) in [6.45, 7) is 3.66. The van der Waals surface area contributed by atoms with E-state index in [-0.39, 0.29) is 16.7 Å². The van der Waals surface area contributed by atoms with Crippen molar-refractivity contribution in [3.05, 3.63) is 65.2 Å². The van der Waals surface area contributed by atoms with E-state index >= 15 is 0 Å². The molecule has 1 saturated heterocycles. The molecule has 0 aromatic heterocycles. The number of carbonyl (C=O) groups excluding carboxylic acids is 3. The number of anilines is 1. The van der Waals surface area contributed by atoms with Crippen LogP contribution < -0.4 is 4.90 Å². The number of hydrogen-bond acceptors (Lipinski definition) is 6. The monoisotopic (exact) mass is 398 g/mol. The molecule has 1 heterocycles. The van der Waals surface area contributed by atoms with Crippen molar-refractivity contribution in [2.45, 2.75) is 6.17 Å². The Morgan fingerprint density at radius 1 is 0.897 bits per heavy atom. The minimum atomic E-state index is -2.34. The third-order valence-electron chi connectivity index (χ3n) is 5.05. The van der Waals surface area contributed by atoms with Crippen LogP contribution in [-0.2, 0) is 4.74 Å². The van der Waals surface area contributed by atoms with Crippen LogP contribution in [0.25, 0.3) is 0 Å². The summed E-state index contributed by atoms with van der Waals surface area (Å²) >= 11 is 0. The number of esters is 1. The fourth-order valence-corrected chi connectivity index (χ4v) is 3.23. The smallest absolute Gasteiger partial charge is 0.337 e. The van der Waals surface area contributed by atoms with Crippen molar-refractivity contribution in [1.29, 1.82) is 0 Å². The minimum Gasteiger partial charge on any atom is -0.465 e. The summed E-state index contributed by atoms with van der Waals surface area (Å²) in [6, 6.07) is 12.1.